The Balaban J connectivity index is 0.000000148. The first-order chi connectivity index (χ1) is 32.3. The summed E-state index contributed by atoms with van der Waals surface area (Å²) in [5.41, 5.74) is 10.8. The van der Waals surface area contributed by atoms with Crippen molar-refractivity contribution in [3.63, 3.8) is 0 Å². The standard InChI is InChI=1S/C22H25N.C22H23N.C19H19N/c2*1-17-8-5-9-19(16-17)10-7-15-23-18(2)21-14-6-12-20-11-3-4-13-22(20)21;1-15(20-14-16-8-3-2-4-9-16)18-13-7-11-17-10-5-6-12-19(17)18/h3-6,8-9,11-14,16,18,23H,7,10,15H2,1-2H3;3-14,16,18,23H,15H2,1-2H3;2-13,15,20H,14H2,1H3/b;10-7+;/t2*18-;15-/m111/s1. The average Bonchev–Trinajstić information content (AvgIpc) is 3.36. The summed E-state index contributed by atoms with van der Waals surface area (Å²) in [7, 11) is 0. The zero-order chi connectivity index (χ0) is 45.9. The molecule has 0 aromatic heterocycles. The monoisotopic (exact) mass is 866 g/mol. The molecule has 9 rings (SSSR count). The van der Waals surface area contributed by atoms with Crippen LogP contribution in [0.25, 0.3) is 38.4 Å². The quantitative estimate of drug-likeness (QED) is 0.0899. The first-order valence-electron chi connectivity index (χ1n) is 23.8. The van der Waals surface area contributed by atoms with Gasteiger partial charge in [0.25, 0.3) is 0 Å². The molecule has 0 saturated heterocycles. The highest BCUT2D eigenvalue weighted by Crippen LogP contribution is 2.26. The van der Waals surface area contributed by atoms with Crippen LogP contribution in [0.1, 0.15) is 89.8 Å². The molecule has 0 bridgehead atoms. The summed E-state index contributed by atoms with van der Waals surface area (Å²) >= 11 is 0. The number of fused-ring (bicyclic) bond motifs is 3. The van der Waals surface area contributed by atoms with Gasteiger partial charge in [0.2, 0.25) is 0 Å². The number of aryl methyl sites for hydroxylation is 3. The maximum atomic E-state index is 3.68. The summed E-state index contributed by atoms with van der Waals surface area (Å²) in [6, 6.07) is 74.3. The maximum absolute atomic E-state index is 3.68. The molecular formula is C63H67N3. The molecule has 334 valence electrons. The molecule has 0 aliphatic rings. The fourth-order valence-corrected chi connectivity index (χ4v) is 8.77. The minimum atomic E-state index is 0.322. The van der Waals surface area contributed by atoms with Crippen molar-refractivity contribution in [2.45, 2.75) is 72.1 Å². The van der Waals surface area contributed by atoms with E-state index in [9.17, 15) is 0 Å². The Labute approximate surface area is 394 Å². The van der Waals surface area contributed by atoms with Gasteiger partial charge in [-0.05, 0) is 120 Å². The van der Waals surface area contributed by atoms with Gasteiger partial charge >= 0.3 is 0 Å². The highest BCUT2D eigenvalue weighted by molar-refractivity contribution is 5.87. The van der Waals surface area contributed by atoms with E-state index < -0.39 is 0 Å². The van der Waals surface area contributed by atoms with Crippen molar-refractivity contribution in [3.8, 4) is 0 Å². The Bertz CT molecular complexity index is 2900. The highest BCUT2D eigenvalue weighted by Gasteiger charge is 2.10. The number of nitrogens with one attached hydrogen (secondary N) is 3. The zero-order valence-electron chi connectivity index (χ0n) is 39.6. The normalized spacial score (nSPS) is 12.6. The van der Waals surface area contributed by atoms with Crippen LogP contribution < -0.4 is 16.0 Å². The number of hydrogen-bond acceptors (Lipinski definition) is 3. The van der Waals surface area contributed by atoms with E-state index in [2.05, 4.69) is 269 Å². The third-order valence-corrected chi connectivity index (χ3v) is 12.4. The van der Waals surface area contributed by atoms with E-state index in [0.29, 0.717) is 18.1 Å². The van der Waals surface area contributed by atoms with Gasteiger partial charge < -0.3 is 16.0 Å². The van der Waals surface area contributed by atoms with Crippen LogP contribution in [0, 0.1) is 13.8 Å². The Morgan fingerprint density at radius 2 is 0.848 bits per heavy atom. The van der Waals surface area contributed by atoms with Crippen molar-refractivity contribution in [1.29, 1.82) is 0 Å². The molecule has 0 unspecified atom stereocenters. The van der Waals surface area contributed by atoms with E-state index in [1.807, 2.05) is 0 Å². The number of rotatable bonds is 15. The molecule has 0 aliphatic carbocycles. The summed E-state index contributed by atoms with van der Waals surface area (Å²) < 4.78 is 0. The lowest BCUT2D eigenvalue weighted by Gasteiger charge is -2.16. The van der Waals surface area contributed by atoms with Gasteiger partial charge in [0.1, 0.15) is 0 Å². The lowest BCUT2D eigenvalue weighted by atomic mass is 9.99. The predicted octanol–water partition coefficient (Wildman–Crippen LogP) is 15.6. The topological polar surface area (TPSA) is 36.1 Å². The molecule has 3 atom stereocenters. The first-order valence-corrected chi connectivity index (χ1v) is 23.8. The SMILES string of the molecule is C[C@@H](NCc1ccccc1)c1cccc2ccccc12.Cc1cccc(/C=C/CN[C@H](C)c2cccc3ccccc23)c1.Cc1cccc(CCCN[C@H](C)c2cccc3ccccc23)c1. The average molecular weight is 866 g/mol. The van der Waals surface area contributed by atoms with Crippen LogP contribution in [-0.2, 0) is 13.0 Å². The molecule has 0 fully saturated rings. The van der Waals surface area contributed by atoms with E-state index in [-0.39, 0.29) is 0 Å². The Kier molecular flexibility index (Phi) is 17.7. The summed E-state index contributed by atoms with van der Waals surface area (Å²) in [6.07, 6.45) is 6.67. The van der Waals surface area contributed by atoms with Gasteiger partial charge in [-0.2, -0.15) is 0 Å². The van der Waals surface area contributed by atoms with E-state index in [0.717, 1.165) is 26.1 Å². The summed E-state index contributed by atoms with van der Waals surface area (Å²) in [5, 5.41) is 18.8. The highest BCUT2D eigenvalue weighted by atomic mass is 14.9. The second kappa shape index (κ2) is 24.6. The molecule has 0 spiro atoms. The van der Waals surface area contributed by atoms with Gasteiger partial charge in [-0.3, -0.25) is 0 Å². The van der Waals surface area contributed by atoms with Gasteiger partial charge in [-0.1, -0.05) is 230 Å². The fourth-order valence-electron chi connectivity index (χ4n) is 8.77. The maximum Gasteiger partial charge on any atom is 0.0301 e. The molecule has 3 heteroatoms. The summed E-state index contributed by atoms with van der Waals surface area (Å²) in [6.45, 7) is 13.8. The molecule has 0 radical (unpaired) electrons. The van der Waals surface area contributed by atoms with Crippen LogP contribution in [0.5, 0.6) is 0 Å². The number of benzene rings is 9. The van der Waals surface area contributed by atoms with Gasteiger partial charge in [-0.15, -0.1) is 0 Å². The van der Waals surface area contributed by atoms with E-state index >= 15 is 0 Å². The van der Waals surface area contributed by atoms with Crippen LogP contribution in [0.4, 0.5) is 0 Å². The predicted molar refractivity (Wildman–Crippen MR) is 286 cm³/mol. The van der Waals surface area contributed by atoms with E-state index in [1.54, 1.807) is 0 Å². The van der Waals surface area contributed by atoms with Crippen LogP contribution in [0.15, 0.2) is 212 Å². The van der Waals surface area contributed by atoms with Crippen LogP contribution in [0.2, 0.25) is 0 Å². The molecule has 0 amide bonds. The van der Waals surface area contributed by atoms with Crippen molar-refractivity contribution in [2.75, 3.05) is 13.1 Å². The largest absolute Gasteiger partial charge is 0.310 e. The first kappa shape index (κ1) is 47.3. The van der Waals surface area contributed by atoms with Gasteiger partial charge in [0.15, 0.2) is 0 Å². The Morgan fingerprint density at radius 3 is 1.39 bits per heavy atom. The second-order valence-corrected chi connectivity index (χ2v) is 17.5. The summed E-state index contributed by atoms with van der Waals surface area (Å²) in [5.74, 6) is 0. The van der Waals surface area contributed by atoms with E-state index in [4.69, 9.17) is 0 Å². The molecule has 0 aliphatic heterocycles. The summed E-state index contributed by atoms with van der Waals surface area (Å²) in [4.78, 5) is 0. The van der Waals surface area contributed by atoms with Crippen molar-refractivity contribution < 1.29 is 0 Å². The van der Waals surface area contributed by atoms with Crippen LogP contribution in [0.3, 0.4) is 0 Å². The molecule has 3 N–H and O–H groups in total. The van der Waals surface area contributed by atoms with Crippen molar-refractivity contribution in [1.82, 2.24) is 16.0 Å². The van der Waals surface area contributed by atoms with Crippen molar-refractivity contribution in [3.05, 3.63) is 257 Å². The molecule has 66 heavy (non-hydrogen) atoms. The van der Waals surface area contributed by atoms with Gasteiger partial charge in [0, 0.05) is 31.2 Å². The van der Waals surface area contributed by atoms with Crippen molar-refractivity contribution in [2.24, 2.45) is 0 Å². The van der Waals surface area contributed by atoms with Gasteiger partial charge in [-0.25, -0.2) is 0 Å². The van der Waals surface area contributed by atoms with Crippen LogP contribution >= 0.6 is 0 Å². The minimum absolute atomic E-state index is 0.322. The fraction of sp³-hybridized carbons (Fsp3) is 0.206. The lowest BCUT2D eigenvalue weighted by molar-refractivity contribution is 0.561. The number of hydrogen-bond donors (Lipinski definition) is 3. The van der Waals surface area contributed by atoms with Gasteiger partial charge in [0.05, 0.1) is 0 Å². The Hall–Kier alpha value is -6.62. The molecule has 0 heterocycles. The Morgan fingerprint density at radius 1 is 0.409 bits per heavy atom. The molecule has 0 saturated carbocycles. The molecular weight excluding hydrogens is 799 g/mol. The minimum Gasteiger partial charge on any atom is -0.310 e. The third-order valence-electron chi connectivity index (χ3n) is 12.4. The molecule has 9 aromatic carbocycles. The second-order valence-electron chi connectivity index (χ2n) is 17.5. The van der Waals surface area contributed by atoms with Crippen molar-refractivity contribution >= 4 is 38.4 Å². The van der Waals surface area contributed by atoms with E-state index in [1.165, 1.54) is 83.2 Å². The third kappa shape index (κ3) is 13.7. The van der Waals surface area contributed by atoms with Crippen LogP contribution in [-0.4, -0.2) is 13.1 Å². The molecule has 9 aromatic rings. The smallest absolute Gasteiger partial charge is 0.0301 e. The molecule has 3 nitrogen and oxygen atoms in total. The zero-order valence-corrected chi connectivity index (χ0v) is 39.6. The lowest BCUT2D eigenvalue weighted by Crippen LogP contribution is -2.20.